The summed E-state index contributed by atoms with van der Waals surface area (Å²) in [6.07, 6.45) is 0. The van der Waals surface area contributed by atoms with Gasteiger partial charge in [-0.3, -0.25) is 14.9 Å². The van der Waals surface area contributed by atoms with Crippen LogP contribution in [0.15, 0.2) is 42.5 Å². The van der Waals surface area contributed by atoms with Crippen molar-refractivity contribution in [1.29, 1.82) is 0 Å². The van der Waals surface area contributed by atoms with Gasteiger partial charge in [0, 0.05) is 49.7 Å². The lowest BCUT2D eigenvalue weighted by molar-refractivity contribution is -0.384. The van der Waals surface area contributed by atoms with Crippen LogP contribution in [0.2, 0.25) is 0 Å². The number of non-ortho nitro benzene ring substituents is 1. The highest BCUT2D eigenvalue weighted by molar-refractivity contribution is 5.81. The van der Waals surface area contributed by atoms with Gasteiger partial charge in [-0.1, -0.05) is 6.07 Å². The molecule has 1 heterocycles. The van der Waals surface area contributed by atoms with E-state index < -0.39 is 4.92 Å². The van der Waals surface area contributed by atoms with Crippen molar-refractivity contribution in [3.8, 4) is 0 Å². The van der Waals surface area contributed by atoms with Crippen molar-refractivity contribution >= 4 is 23.0 Å². The fourth-order valence-electron chi connectivity index (χ4n) is 3.06. The second-order valence-electron chi connectivity index (χ2n) is 6.45. The molecule has 2 aromatic carbocycles. The molecule has 3 rings (SSSR count). The van der Waals surface area contributed by atoms with Crippen LogP contribution in [0, 0.1) is 22.9 Å². The van der Waals surface area contributed by atoms with Crippen molar-refractivity contribution in [3.05, 3.63) is 64.0 Å². The van der Waals surface area contributed by atoms with E-state index in [2.05, 4.69) is 10.2 Å². The van der Waals surface area contributed by atoms with E-state index in [-0.39, 0.29) is 24.0 Å². The van der Waals surface area contributed by atoms with Gasteiger partial charge in [-0.15, -0.1) is 0 Å². The molecule has 142 valence electrons. The molecule has 1 aliphatic rings. The Morgan fingerprint density at radius 1 is 1.15 bits per heavy atom. The number of amides is 1. The summed E-state index contributed by atoms with van der Waals surface area (Å²) >= 11 is 0. The minimum Gasteiger partial charge on any atom is -0.376 e. The first-order valence-corrected chi connectivity index (χ1v) is 8.71. The lowest BCUT2D eigenvalue weighted by Gasteiger charge is -2.36. The van der Waals surface area contributed by atoms with E-state index in [1.165, 1.54) is 24.3 Å². The van der Waals surface area contributed by atoms with E-state index in [0.29, 0.717) is 31.9 Å². The third-order valence-corrected chi connectivity index (χ3v) is 4.69. The summed E-state index contributed by atoms with van der Waals surface area (Å²) in [6.45, 7) is 4.41. The Kier molecular flexibility index (Phi) is 5.54. The predicted octanol–water partition coefficient (Wildman–Crippen LogP) is 2.80. The standard InChI is InChI=1S/C19H21FN4O3/c1-14-2-5-17(24(26)27)12-18(14)21-13-19(25)23-10-8-22(9-11-23)16-6-3-15(20)4-7-16/h2-7,12,21H,8-11,13H2,1H3. The highest BCUT2D eigenvalue weighted by atomic mass is 19.1. The van der Waals surface area contributed by atoms with Gasteiger partial charge < -0.3 is 15.1 Å². The molecular formula is C19H21FN4O3. The molecule has 1 saturated heterocycles. The summed E-state index contributed by atoms with van der Waals surface area (Å²) in [4.78, 5) is 26.8. The monoisotopic (exact) mass is 372 g/mol. The van der Waals surface area contributed by atoms with Gasteiger partial charge in [0.05, 0.1) is 11.5 Å². The Balaban J connectivity index is 1.53. The molecular weight excluding hydrogens is 351 g/mol. The zero-order valence-electron chi connectivity index (χ0n) is 15.0. The Bertz CT molecular complexity index is 833. The van der Waals surface area contributed by atoms with Crippen molar-refractivity contribution in [1.82, 2.24) is 4.90 Å². The van der Waals surface area contributed by atoms with Crippen LogP contribution < -0.4 is 10.2 Å². The fourth-order valence-corrected chi connectivity index (χ4v) is 3.06. The van der Waals surface area contributed by atoms with Crippen LogP contribution in [0.1, 0.15) is 5.56 Å². The van der Waals surface area contributed by atoms with Crippen molar-refractivity contribution in [2.45, 2.75) is 6.92 Å². The first kappa shape index (κ1) is 18.6. The summed E-state index contributed by atoms with van der Waals surface area (Å²) in [6, 6.07) is 10.9. The summed E-state index contributed by atoms with van der Waals surface area (Å²) in [5.74, 6) is -0.324. The molecule has 1 aliphatic heterocycles. The number of hydrogen-bond acceptors (Lipinski definition) is 5. The van der Waals surface area contributed by atoms with E-state index in [0.717, 1.165) is 11.3 Å². The van der Waals surface area contributed by atoms with Gasteiger partial charge in [-0.2, -0.15) is 0 Å². The van der Waals surface area contributed by atoms with Crippen LogP contribution in [-0.4, -0.2) is 48.5 Å². The number of hydrogen-bond donors (Lipinski definition) is 1. The van der Waals surface area contributed by atoms with Crippen LogP contribution in [0.3, 0.4) is 0 Å². The van der Waals surface area contributed by atoms with Gasteiger partial charge >= 0.3 is 0 Å². The molecule has 1 fully saturated rings. The Labute approximate surface area is 156 Å². The van der Waals surface area contributed by atoms with Gasteiger partial charge in [0.15, 0.2) is 0 Å². The van der Waals surface area contributed by atoms with Gasteiger partial charge in [0.1, 0.15) is 5.82 Å². The molecule has 0 aromatic heterocycles. The zero-order chi connectivity index (χ0) is 19.4. The normalized spacial score (nSPS) is 14.1. The van der Waals surface area contributed by atoms with Crippen molar-refractivity contribution in [2.75, 3.05) is 42.9 Å². The van der Waals surface area contributed by atoms with Gasteiger partial charge in [0.2, 0.25) is 5.91 Å². The topological polar surface area (TPSA) is 78.7 Å². The molecule has 1 N–H and O–H groups in total. The second-order valence-corrected chi connectivity index (χ2v) is 6.45. The number of nitrogens with zero attached hydrogens (tertiary/aromatic N) is 3. The highest BCUT2D eigenvalue weighted by Gasteiger charge is 2.21. The molecule has 0 bridgehead atoms. The van der Waals surface area contributed by atoms with E-state index in [1.54, 1.807) is 23.1 Å². The van der Waals surface area contributed by atoms with Crippen molar-refractivity contribution in [3.63, 3.8) is 0 Å². The van der Waals surface area contributed by atoms with E-state index in [9.17, 15) is 19.3 Å². The molecule has 7 nitrogen and oxygen atoms in total. The predicted molar refractivity (Wildman–Crippen MR) is 102 cm³/mol. The molecule has 0 saturated carbocycles. The molecule has 8 heteroatoms. The molecule has 0 spiro atoms. The maximum Gasteiger partial charge on any atom is 0.271 e. The molecule has 27 heavy (non-hydrogen) atoms. The van der Waals surface area contributed by atoms with Crippen LogP contribution >= 0.6 is 0 Å². The van der Waals surface area contributed by atoms with Crippen molar-refractivity contribution < 1.29 is 14.1 Å². The van der Waals surface area contributed by atoms with Crippen molar-refractivity contribution in [2.24, 2.45) is 0 Å². The number of nitrogens with one attached hydrogen (secondary N) is 1. The van der Waals surface area contributed by atoms with Crippen LogP contribution in [0.5, 0.6) is 0 Å². The summed E-state index contributed by atoms with van der Waals surface area (Å²) in [7, 11) is 0. The van der Waals surface area contributed by atoms with Crippen LogP contribution in [0.4, 0.5) is 21.5 Å². The number of nitro benzene ring substituents is 1. The smallest absolute Gasteiger partial charge is 0.271 e. The number of nitro groups is 1. The minimum atomic E-state index is -0.457. The number of carbonyl (C=O) groups excluding carboxylic acids is 1. The Morgan fingerprint density at radius 2 is 1.81 bits per heavy atom. The maximum atomic E-state index is 13.0. The molecule has 0 radical (unpaired) electrons. The van der Waals surface area contributed by atoms with Gasteiger partial charge in [0.25, 0.3) is 5.69 Å². The van der Waals surface area contributed by atoms with Gasteiger partial charge in [-0.25, -0.2) is 4.39 Å². The third kappa shape index (κ3) is 4.52. The zero-order valence-corrected chi connectivity index (χ0v) is 15.0. The largest absolute Gasteiger partial charge is 0.376 e. The van der Waals surface area contributed by atoms with E-state index in [4.69, 9.17) is 0 Å². The summed E-state index contributed by atoms with van der Waals surface area (Å²) in [5.41, 5.74) is 2.36. The fraction of sp³-hybridized carbons (Fsp3) is 0.316. The lowest BCUT2D eigenvalue weighted by atomic mass is 10.2. The number of benzene rings is 2. The maximum absolute atomic E-state index is 13.0. The highest BCUT2D eigenvalue weighted by Crippen LogP contribution is 2.22. The van der Waals surface area contributed by atoms with Gasteiger partial charge in [-0.05, 0) is 36.8 Å². The van der Waals surface area contributed by atoms with E-state index >= 15 is 0 Å². The number of aryl methyl sites for hydroxylation is 1. The summed E-state index contributed by atoms with van der Waals surface area (Å²) < 4.78 is 13.0. The SMILES string of the molecule is Cc1ccc([N+](=O)[O-])cc1NCC(=O)N1CCN(c2ccc(F)cc2)CC1. The van der Waals surface area contributed by atoms with E-state index in [1.807, 2.05) is 6.92 Å². The minimum absolute atomic E-state index is 0.0107. The first-order chi connectivity index (χ1) is 12.9. The average Bonchev–Trinajstić information content (AvgIpc) is 2.67. The molecule has 1 amide bonds. The number of halogens is 1. The molecule has 0 aliphatic carbocycles. The Morgan fingerprint density at radius 3 is 2.44 bits per heavy atom. The quantitative estimate of drug-likeness (QED) is 0.645. The summed E-state index contributed by atoms with van der Waals surface area (Å²) in [5, 5.41) is 13.9. The first-order valence-electron chi connectivity index (χ1n) is 8.71. The lowest BCUT2D eigenvalue weighted by Crippen LogP contribution is -2.50. The molecule has 0 unspecified atom stereocenters. The third-order valence-electron chi connectivity index (χ3n) is 4.69. The number of piperazine rings is 1. The Hall–Kier alpha value is -3.16. The number of anilines is 2. The second kappa shape index (κ2) is 8.03. The van der Waals surface area contributed by atoms with Crippen LogP contribution in [-0.2, 0) is 4.79 Å². The molecule has 0 atom stereocenters. The molecule has 2 aromatic rings. The average molecular weight is 372 g/mol. The van der Waals surface area contributed by atoms with Crippen LogP contribution in [0.25, 0.3) is 0 Å². The number of rotatable bonds is 5. The number of carbonyl (C=O) groups is 1.